The number of nitrogens with one attached hydrogen (secondary N) is 1. The third-order valence-corrected chi connectivity index (χ3v) is 7.68. The molecule has 0 aliphatic heterocycles. The fraction of sp³-hybridized carbons (Fsp3) is 0.429. The Balaban J connectivity index is 1.42. The molecule has 40 heavy (non-hydrogen) atoms. The Bertz CT molecular complexity index is 1270. The highest BCUT2D eigenvalue weighted by Crippen LogP contribution is 2.38. The molecule has 1 saturated carbocycles. The van der Waals surface area contributed by atoms with E-state index in [1.54, 1.807) is 0 Å². The van der Waals surface area contributed by atoms with Gasteiger partial charge in [0.05, 0.1) is 0 Å². The van der Waals surface area contributed by atoms with Gasteiger partial charge in [-0.1, -0.05) is 80.6 Å². The first kappa shape index (κ1) is 29.4. The second kappa shape index (κ2) is 12.7. The van der Waals surface area contributed by atoms with Gasteiger partial charge < -0.3 is 15.0 Å². The summed E-state index contributed by atoms with van der Waals surface area (Å²) in [6, 6.07) is 26.3. The van der Waals surface area contributed by atoms with Crippen LogP contribution >= 0.6 is 0 Å². The third-order valence-electron chi connectivity index (χ3n) is 7.68. The van der Waals surface area contributed by atoms with Crippen molar-refractivity contribution in [3.63, 3.8) is 0 Å². The molecule has 0 radical (unpaired) electrons. The largest absolute Gasteiger partial charge is 0.444 e. The highest BCUT2D eigenvalue weighted by atomic mass is 16.6. The Morgan fingerprint density at radius 2 is 1.55 bits per heavy atom. The van der Waals surface area contributed by atoms with Crippen LogP contribution in [0.3, 0.4) is 0 Å². The Morgan fingerprint density at radius 3 is 2.20 bits per heavy atom. The van der Waals surface area contributed by atoms with Crippen LogP contribution < -0.4 is 5.32 Å². The SMILES string of the molecule is CC1(C)CCC(N(Cc2ccc(-c3cccc(C(=O)NCCc4ccccc4)c3)cc2)C(=O)OC(C)(C)C)CC1. The number of hydrogen-bond donors (Lipinski definition) is 1. The van der Waals surface area contributed by atoms with Crippen LogP contribution in [0.2, 0.25) is 0 Å². The van der Waals surface area contributed by atoms with Crippen LogP contribution in [0.25, 0.3) is 11.1 Å². The maximum Gasteiger partial charge on any atom is 0.410 e. The molecular weight excluding hydrogens is 496 g/mol. The minimum Gasteiger partial charge on any atom is -0.444 e. The standard InChI is InChI=1S/C35H44N2O3/c1-34(2,3)40-33(39)37(31-18-21-35(4,5)22-19-31)25-27-14-16-28(17-15-27)29-12-9-13-30(24-29)32(38)36-23-20-26-10-7-6-8-11-26/h6-17,24,31H,18-23,25H2,1-5H3,(H,36,38). The number of rotatable bonds is 8. The second-order valence-corrected chi connectivity index (χ2v) is 12.8. The van der Waals surface area contributed by atoms with Crippen LogP contribution in [0.4, 0.5) is 4.79 Å². The normalized spacial score (nSPS) is 15.3. The number of carbonyl (C=O) groups is 2. The van der Waals surface area contributed by atoms with Gasteiger partial charge in [0.1, 0.15) is 5.60 Å². The number of carbonyl (C=O) groups excluding carboxylic acids is 2. The van der Waals surface area contributed by atoms with Gasteiger partial charge in [-0.25, -0.2) is 4.79 Å². The first-order chi connectivity index (χ1) is 19.0. The van der Waals surface area contributed by atoms with Crippen molar-refractivity contribution in [3.8, 4) is 11.1 Å². The first-order valence-electron chi connectivity index (χ1n) is 14.5. The molecule has 3 aromatic rings. The molecule has 0 saturated heterocycles. The Hall–Kier alpha value is -3.60. The summed E-state index contributed by atoms with van der Waals surface area (Å²) in [7, 11) is 0. The van der Waals surface area contributed by atoms with E-state index in [2.05, 4.69) is 55.6 Å². The molecule has 0 unspecified atom stereocenters. The minimum absolute atomic E-state index is 0.0712. The number of nitrogens with zero attached hydrogens (tertiary/aromatic N) is 1. The molecule has 2 amide bonds. The maximum atomic E-state index is 13.2. The highest BCUT2D eigenvalue weighted by Gasteiger charge is 2.34. The lowest BCUT2D eigenvalue weighted by Crippen LogP contribution is -2.45. The van der Waals surface area contributed by atoms with Crippen molar-refractivity contribution in [1.29, 1.82) is 0 Å². The molecule has 5 heteroatoms. The fourth-order valence-electron chi connectivity index (χ4n) is 5.27. The van der Waals surface area contributed by atoms with Gasteiger partial charge in [-0.05, 0) is 92.7 Å². The average Bonchev–Trinajstić information content (AvgIpc) is 2.92. The van der Waals surface area contributed by atoms with Gasteiger partial charge in [-0.2, -0.15) is 0 Å². The van der Waals surface area contributed by atoms with Gasteiger partial charge in [0.15, 0.2) is 0 Å². The molecule has 1 fully saturated rings. The molecular formula is C35H44N2O3. The van der Waals surface area contributed by atoms with E-state index in [1.165, 1.54) is 5.56 Å². The molecule has 0 heterocycles. The van der Waals surface area contributed by atoms with Crippen LogP contribution in [0.5, 0.6) is 0 Å². The molecule has 5 nitrogen and oxygen atoms in total. The zero-order valence-corrected chi connectivity index (χ0v) is 24.7. The molecule has 4 rings (SSSR count). The molecule has 1 N–H and O–H groups in total. The molecule has 1 aliphatic carbocycles. The zero-order chi connectivity index (χ0) is 28.8. The van der Waals surface area contributed by atoms with Crippen molar-refractivity contribution < 1.29 is 14.3 Å². The van der Waals surface area contributed by atoms with Crippen molar-refractivity contribution in [3.05, 3.63) is 95.6 Å². The average molecular weight is 541 g/mol. The van der Waals surface area contributed by atoms with Crippen molar-refractivity contribution >= 4 is 12.0 Å². The van der Waals surface area contributed by atoms with Crippen molar-refractivity contribution in [2.24, 2.45) is 5.41 Å². The van der Waals surface area contributed by atoms with E-state index in [0.717, 1.165) is 48.8 Å². The summed E-state index contributed by atoms with van der Waals surface area (Å²) in [6.07, 6.45) is 4.74. The lowest BCUT2D eigenvalue weighted by atomic mass is 9.75. The predicted molar refractivity (Wildman–Crippen MR) is 162 cm³/mol. The second-order valence-electron chi connectivity index (χ2n) is 12.8. The molecule has 3 aromatic carbocycles. The topological polar surface area (TPSA) is 58.6 Å². The molecule has 1 aliphatic rings. The van der Waals surface area contributed by atoms with E-state index in [9.17, 15) is 9.59 Å². The Labute approximate surface area is 239 Å². The smallest absolute Gasteiger partial charge is 0.410 e. The minimum atomic E-state index is -0.536. The fourth-order valence-corrected chi connectivity index (χ4v) is 5.27. The van der Waals surface area contributed by atoms with Crippen LogP contribution in [-0.2, 0) is 17.7 Å². The quantitative estimate of drug-likeness (QED) is 0.315. The molecule has 0 atom stereocenters. The van der Waals surface area contributed by atoms with E-state index in [4.69, 9.17) is 4.74 Å². The monoisotopic (exact) mass is 540 g/mol. The molecule has 0 bridgehead atoms. The lowest BCUT2D eigenvalue weighted by Gasteiger charge is -2.40. The summed E-state index contributed by atoms with van der Waals surface area (Å²) < 4.78 is 5.81. The summed E-state index contributed by atoms with van der Waals surface area (Å²) in [5.41, 5.74) is 4.72. The van der Waals surface area contributed by atoms with E-state index < -0.39 is 5.60 Å². The van der Waals surface area contributed by atoms with Gasteiger partial charge in [-0.15, -0.1) is 0 Å². The zero-order valence-electron chi connectivity index (χ0n) is 24.7. The van der Waals surface area contributed by atoms with Crippen LogP contribution in [0.1, 0.15) is 81.8 Å². The predicted octanol–water partition coefficient (Wildman–Crippen LogP) is 8.03. The van der Waals surface area contributed by atoms with Gasteiger partial charge in [0, 0.05) is 24.7 Å². The van der Waals surface area contributed by atoms with E-state index in [-0.39, 0.29) is 18.0 Å². The summed E-state index contributed by atoms with van der Waals surface area (Å²) in [5.74, 6) is -0.0712. The summed E-state index contributed by atoms with van der Waals surface area (Å²) in [6.45, 7) is 11.5. The number of amides is 2. The summed E-state index contributed by atoms with van der Waals surface area (Å²) >= 11 is 0. The van der Waals surface area contributed by atoms with E-state index in [0.29, 0.717) is 24.1 Å². The van der Waals surface area contributed by atoms with Crippen molar-refractivity contribution in [1.82, 2.24) is 10.2 Å². The number of hydrogen-bond acceptors (Lipinski definition) is 3. The van der Waals surface area contributed by atoms with Crippen LogP contribution in [0, 0.1) is 5.41 Å². The number of benzene rings is 3. The highest BCUT2D eigenvalue weighted by molar-refractivity contribution is 5.95. The van der Waals surface area contributed by atoms with Gasteiger partial charge >= 0.3 is 6.09 Å². The third kappa shape index (κ3) is 8.45. The van der Waals surface area contributed by atoms with Crippen molar-refractivity contribution in [2.75, 3.05) is 6.54 Å². The van der Waals surface area contributed by atoms with Crippen LogP contribution in [0.15, 0.2) is 78.9 Å². The summed E-state index contributed by atoms with van der Waals surface area (Å²) in [5, 5.41) is 3.03. The Kier molecular flexibility index (Phi) is 9.34. The van der Waals surface area contributed by atoms with Gasteiger partial charge in [0.2, 0.25) is 0 Å². The van der Waals surface area contributed by atoms with E-state index in [1.807, 2.05) is 68.1 Å². The van der Waals surface area contributed by atoms with Crippen LogP contribution in [-0.4, -0.2) is 35.1 Å². The van der Waals surface area contributed by atoms with Gasteiger partial charge in [-0.3, -0.25) is 4.79 Å². The van der Waals surface area contributed by atoms with Crippen molar-refractivity contribution in [2.45, 2.75) is 84.9 Å². The lowest BCUT2D eigenvalue weighted by molar-refractivity contribution is 0.00490. The Morgan fingerprint density at radius 1 is 0.875 bits per heavy atom. The molecule has 212 valence electrons. The summed E-state index contributed by atoms with van der Waals surface area (Å²) in [4.78, 5) is 27.9. The first-order valence-corrected chi connectivity index (χ1v) is 14.5. The maximum absolute atomic E-state index is 13.2. The van der Waals surface area contributed by atoms with Gasteiger partial charge in [0.25, 0.3) is 5.91 Å². The molecule has 0 spiro atoms. The molecule has 0 aromatic heterocycles. The number of ether oxygens (including phenoxy) is 1. The van der Waals surface area contributed by atoms with E-state index >= 15 is 0 Å².